The van der Waals surface area contributed by atoms with E-state index in [9.17, 15) is 4.79 Å². The highest BCUT2D eigenvalue weighted by atomic mass is 35.5. The fourth-order valence-electron chi connectivity index (χ4n) is 1.54. The molecule has 1 aromatic heterocycles. The highest BCUT2D eigenvalue weighted by molar-refractivity contribution is 7.09. The summed E-state index contributed by atoms with van der Waals surface area (Å²) in [6.07, 6.45) is 0.843. The van der Waals surface area contributed by atoms with Crippen molar-refractivity contribution >= 4 is 28.8 Å². The van der Waals surface area contributed by atoms with Gasteiger partial charge >= 0.3 is 0 Å². The Bertz CT molecular complexity index is 528. The van der Waals surface area contributed by atoms with E-state index in [2.05, 4.69) is 11.4 Å². The minimum atomic E-state index is -0.142. The van der Waals surface area contributed by atoms with E-state index in [0.29, 0.717) is 17.3 Å². The minimum absolute atomic E-state index is 0.0197. The van der Waals surface area contributed by atoms with Gasteiger partial charge in [0.15, 0.2) is 6.61 Å². The summed E-state index contributed by atoms with van der Waals surface area (Å²) in [5.41, 5.74) is 0. The molecule has 100 valence electrons. The van der Waals surface area contributed by atoms with Gasteiger partial charge in [-0.3, -0.25) is 4.79 Å². The third-order valence-electron chi connectivity index (χ3n) is 2.47. The zero-order chi connectivity index (χ0) is 13.5. The molecule has 1 aromatic carbocycles. The SMILES string of the molecule is O=C(COc1ccccc1Cl)NCCc1cccs1. The maximum atomic E-state index is 11.6. The second-order valence-corrected chi connectivity index (χ2v) is 5.34. The molecule has 1 amide bonds. The molecule has 5 heteroatoms. The number of hydrogen-bond donors (Lipinski definition) is 1. The summed E-state index contributed by atoms with van der Waals surface area (Å²) >= 11 is 7.61. The van der Waals surface area contributed by atoms with E-state index in [-0.39, 0.29) is 12.5 Å². The van der Waals surface area contributed by atoms with Crippen molar-refractivity contribution in [3.8, 4) is 5.75 Å². The Morgan fingerprint density at radius 3 is 2.84 bits per heavy atom. The van der Waals surface area contributed by atoms with Crippen molar-refractivity contribution in [2.24, 2.45) is 0 Å². The van der Waals surface area contributed by atoms with Gasteiger partial charge in [-0.1, -0.05) is 29.8 Å². The number of carbonyl (C=O) groups is 1. The van der Waals surface area contributed by atoms with Gasteiger partial charge in [0, 0.05) is 11.4 Å². The first-order valence-electron chi connectivity index (χ1n) is 5.92. The number of para-hydroxylation sites is 1. The van der Waals surface area contributed by atoms with E-state index >= 15 is 0 Å². The number of halogens is 1. The zero-order valence-electron chi connectivity index (χ0n) is 10.3. The molecule has 0 fully saturated rings. The van der Waals surface area contributed by atoms with Crippen molar-refractivity contribution in [3.63, 3.8) is 0 Å². The van der Waals surface area contributed by atoms with E-state index in [1.165, 1.54) is 4.88 Å². The average molecular weight is 296 g/mol. The molecule has 0 saturated carbocycles. The highest BCUT2D eigenvalue weighted by Crippen LogP contribution is 2.22. The molecule has 1 N–H and O–H groups in total. The molecular weight excluding hydrogens is 282 g/mol. The van der Waals surface area contributed by atoms with E-state index in [1.807, 2.05) is 23.6 Å². The smallest absolute Gasteiger partial charge is 0.257 e. The summed E-state index contributed by atoms with van der Waals surface area (Å²) in [6, 6.07) is 11.2. The number of hydrogen-bond acceptors (Lipinski definition) is 3. The lowest BCUT2D eigenvalue weighted by molar-refractivity contribution is -0.123. The van der Waals surface area contributed by atoms with Gasteiger partial charge in [-0.2, -0.15) is 0 Å². The van der Waals surface area contributed by atoms with Crippen LogP contribution in [0, 0.1) is 0 Å². The van der Waals surface area contributed by atoms with Crippen LogP contribution in [0.5, 0.6) is 5.75 Å². The quantitative estimate of drug-likeness (QED) is 0.889. The first-order valence-corrected chi connectivity index (χ1v) is 7.18. The van der Waals surface area contributed by atoms with Crippen LogP contribution in [0.3, 0.4) is 0 Å². The second-order valence-electron chi connectivity index (χ2n) is 3.90. The van der Waals surface area contributed by atoms with Crippen LogP contribution in [-0.4, -0.2) is 19.1 Å². The largest absolute Gasteiger partial charge is 0.482 e. The molecule has 2 rings (SSSR count). The van der Waals surface area contributed by atoms with Crippen molar-refractivity contribution in [2.75, 3.05) is 13.2 Å². The van der Waals surface area contributed by atoms with Crippen LogP contribution in [-0.2, 0) is 11.2 Å². The monoisotopic (exact) mass is 295 g/mol. The third-order valence-corrected chi connectivity index (χ3v) is 3.72. The predicted octanol–water partition coefficient (Wildman–Crippen LogP) is 3.14. The number of amides is 1. The van der Waals surface area contributed by atoms with E-state index in [1.54, 1.807) is 23.5 Å². The fraction of sp³-hybridized carbons (Fsp3) is 0.214. The minimum Gasteiger partial charge on any atom is -0.482 e. The van der Waals surface area contributed by atoms with E-state index in [0.717, 1.165) is 6.42 Å². The average Bonchev–Trinajstić information content (AvgIpc) is 2.91. The van der Waals surface area contributed by atoms with Crippen molar-refractivity contribution in [1.29, 1.82) is 0 Å². The van der Waals surface area contributed by atoms with Gasteiger partial charge in [-0.15, -0.1) is 11.3 Å². The Kier molecular flexibility index (Phi) is 5.24. The maximum Gasteiger partial charge on any atom is 0.257 e. The number of thiophene rings is 1. The summed E-state index contributed by atoms with van der Waals surface area (Å²) in [6.45, 7) is 0.597. The second kappa shape index (κ2) is 7.16. The molecule has 0 saturated heterocycles. The predicted molar refractivity (Wildman–Crippen MR) is 78.0 cm³/mol. The van der Waals surface area contributed by atoms with Gasteiger partial charge in [-0.25, -0.2) is 0 Å². The number of ether oxygens (including phenoxy) is 1. The molecule has 0 bridgehead atoms. The lowest BCUT2D eigenvalue weighted by Gasteiger charge is -2.08. The van der Waals surface area contributed by atoms with E-state index < -0.39 is 0 Å². The van der Waals surface area contributed by atoms with Gasteiger partial charge < -0.3 is 10.1 Å². The molecule has 0 aliphatic carbocycles. The van der Waals surface area contributed by atoms with Crippen molar-refractivity contribution < 1.29 is 9.53 Å². The molecule has 0 aliphatic rings. The molecule has 0 radical (unpaired) electrons. The Morgan fingerprint density at radius 2 is 2.11 bits per heavy atom. The molecule has 19 heavy (non-hydrogen) atoms. The Labute approximate surface area is 121 Å². The van der Waals surface area contributed by atoms with Gasteiger partial charge in [0.05, 0.1) is 5.02 Å². The molecule has 0 atom stereocenters. The lowest BCUT2D eigenvalue weighted by atomic mass is 10.3. The van der Waals surface area contributed by atoms with Crippen LogP contribution in [0.1, 0.15) is 4.88 Å². The highest BCUT2D eigenvalue weighted by Gasteiger charge is 2.05. The van der Waals surface area contributed by atoms with Gasteiger partial charge in [0.25, 0.3) is 5.91 Å². The Balaban J connectivity index is 1.69. The Hall–Kier alpha value is -1.52. The fourth-order valence-corrected chi connectivity index (χ4v) is 2.44. The summed E-state index contributed by atoms with van der Waals surface area (Å²) < 4.78 is 5.34. The van der Waals surface area contributed by atoms with Crippen LogP contribution >= 0.6 is 22.9 Å². The van der Waals surface area contributed by atoms with Crippen molar-refractivity contribution in [1.82, 2.24) is 5.32 Å². The van der Waals surface area contributed by atoms with Crippen LogP contribution in [0.15, 0.2) is 41.8 Å². The standard InChI is InChI=1S/C14H14ClNO2S/c15-12-5-1-2-6-13(12)18-10-14(17)16-8-7-11-4-3-9-19-11/h1-6,9H,7-8,10H2,(H,16,17). The van der Waals surface area contributed by atoms with E-state index in [4.69, 9.17) is 16.3 Å². The number of nitrogens with one attached hydrogen (secondary N) is 1. The normalized spacial score (nSPS) is 10.2. The molecule has 0 unspecified atom stereocenters. The van der Waals surface area contributed by atoms with Crippen LogP contribution in [0.25, 0.3) is 0 Å². The first-order chi connectivity index (χ1) is 9.25. The molecule has 0 aliphatic heterocycles. The number of benzene rings is 1. The molecule has 1 heterocycles. The van der Waals surface area contributed by atoms with Crippen LogP contribution in [0.4, 0.5) is 0 Å². The summed E-state index contributed by atoms with van der Waals surface area (Å²) in [7, 11) is 0. The third kappa shape index (κ3) is 4.58. The zero-order valence-corrected chi connectivity index (χ0v) is 11.8. The lowest BCUT2D eigenvalue weighted by Crippen LogP contribution is -2.30. The topological polar surface area (TPSA) is 38.3 Å². The van der Waals surface area contributed by atoms with Gasteiger partial charge in [0.2, 0.25) is 0 Å². The summed E-state index contributed by atoms with van der Waals surface area (Å²) in [5.74, 6) is 0.383. The number of rotatable bonds is 6. The number of carbonyl (C=O) groups excluding carboxylic acids is 1. The molecular formula is C14H14ClNO2S. The van der Waals surface area contributed by atoms with Crippen LogP contribution in [0.2, 0.25) is 5.02 Å². The van der Waals surface area contributed by atoms with Crippen LogP contribution < -0.4 is 10.1 Å². The summed E-state index contributed by atoms with van der Waals surface area (Å²) in [4.78, 5) is 12.8. The molecule has 0 spiro atoms. The molecule has 3 nitrogen and oxygen atoms in total. The van der Waals surface area contributed by atoms with Gasteiger partial charge in [-0.05, 0) is 30.0 Å². The maximum absolute atomic E-state index is 11.6. The van der Waals surface area contributed by atoms with Crippen molar-refractivity contribution in [3.05, 3.63) is 51.7 Å². The summed E-state index contributed by atoms with van der Waals surface area (Å²) in [5, 5.41) is 5.34. The van der Waals surface area contributed by atoms with Gasteiger partial charge in [0.1, 0.15) is 5.75 Å². The van der Waals surface area contributed by atoms with Crippen molar-refractivity contribution in [2.45, 2.75) is 6.42 Å². The molecule has 2 aromatic rings. The first kappa shape index (κ1) is 13.9. The Morgan fingerprint density at radius 1 is 1.26 bits per heavy atom.